The van der Waals surface area contributed by atoms with E-state index in [9.17, 15) is 22.8 Å². The second kappa shape index (κ2) is 8.12. The first-order valence-electron chi connectivity index (χ1n) is 9.69. The maximum absolute atomic E-state index is 13.0. The van der Waals surface area contributed by atoms with Crippen molar-refractivity contribution in [3.05, 3.63) is 51.3 Å². The van der Waals surface area contributed by atoms with Gasteiger partial charge in [0.2, 0.25) is 5.91 Å². The molecule has 11 heteroatoms. The summed E-state index contributed by atoms with van der Waals surface area (Å²) in [5, 5.41) is 12.0. The molecule has 1 N–H and O–H groups in total. The van der Waals surface area contributed by atoms with Crippen LogP contribution < -0.4 is 10.9 Å². The highest BCUT2D eigenvalue weighted by Gasteiger charge is 2.31. The molecule has 8 nitrogen and oxygen atoms in total. The Morgan fingerprint density at radius 2 is 1.77 bits per heavy atom. The fraction of sp³-hybridized carbons (Fsp3) is 0.450. The van der Waals surface area contributed by atoms with Crippen LogP contribution in [0.15, 0.2) is 23.1 Å². The third-order valence-corrected chi connectivity index (χ3v) is 4.87. The average molecular weight is 436 g/mol. The molecule has 0 radical (unpaired) electrons. The SMILES string of the molecule is Cc1nn(CC(=O)NC(C)c2ccc(C(F)(F)F)cn2)c(=O)c2c1c(C)nn2C(C)C. The molecule has 3 rings (SSSR count). The van der Waals surface area contributed by atoms with E-state index in [1.165, 1.54) is 6.07 Å². The van der Waals surface area contributed by atoms with Gasteiger partial charge in [-0.2, -0.15) is 23.4 Å². The van der Waals surface area contributed by atoms with E-state index >= 15 is 0 Å². The predicted octanol–water partition coefficient (Wildman–Crippen LogP) is 3.08. The van der Waals surface area contributed by atoms with Crippen molar-refractivity contribution in [2.24, 2.45) is 0 Å². The average Bonchev–Trinajstić information content (AvgIpc) is 3.03. The van der Waals surface area contributed by atoms with Crippen LogP contribution in [-0.2, 0) is 17.5 Å². The molecule has 166 valence electrons. The summed E-state index contributed by atoms with van der Waals surface area (Å²) >= 11 is 0. The number of halogens is 3. The van der Waals surface area contributed by atoms with Gasteiger partial charge in [-0.25, -0.2) is 4.68 Å². The van der Waals surface area contributed by atoms with E-state index in [2.05, 4.69) is 20.5 Å². The maximum atomic E-state index is 13.0. The molecule has 0 bridgehead atoms. The van der Waals surface area contributed by atoms with Crippen LogP contribution in [0.2, 0.25) is 0 Å². The maximum Gasteiger partial charge on any atom is 0.417 e. The van der Waals surface area contributed by atoms with Crippen molar-refractivity contribution >= 4 is 16.8 Å². The topological polar surface area (TPSA) is 94.7 Å². The van der Waals surface area contributed by atoms with E-state index in [1.807, 2.05) is 13.8 Å². The molecule has 1 unspecified atom stereocenters. The Morgan fingerprint density at radius 1 is 1.13 bits per heavy atom. The van der Waals surface area contributed by atoms with E-state index in [0.717, 1.165) is 16.9 Å². The number of aromatic nitrogens is 5. The highest BCUT2D eigenvalue weighted by atomic mass is 19.4. The Hall–Kier alpha value is -3.24. The number of hydrogen-bond acceptors (Lipinski definition) is 5. The molecule has 0 saturated heterocycles. The Kier molecular flexibility index (Phi) is 5.88. The Bertz CT molecular complexity index is 1180. The number of carbonyl (C=O) groups excluding carboxylic acids is 1. The number of rotatable bonds is 5. The summed E-state index contributed by atoms with van der Waals surface area (Å²) < 4.78 is 40.7. The highest BCUT2D eigenvalue weighted by molar-refractivity contribution is 5.83. The van der Waals surface area contributed by atoms with Gasteiger partial charge in [-0.3, -0.25) is 19.3 Å². The number of pyridine rings is 1. The first-order chi connectivity index (χ1) is 14.4. The molecule has 3 aromatic heterocycles. The number of hydrogen-bond donors (Lipinski definition) is 1. The molecule has 0 spiro atoms. The van der Waals surface area contributed by atoms with Gasteiger partial charge in [-0.1, -0.05) is 0 Å². The van der Waals surface area contributed by atoms with Crippen LogP contribution in [0.5, 0.6) is 0 Å². The van der Waals surface area contributed by atoms with Crippen LogP contribution in [-0.4, -0.2) is 30.5 Å². The summed E-state index contributed by atoms with van der Waals surface area (Å²) in [4.78, 5) is 29.3. The van der Waals surface area contributed by atoms with Gasteiger partial charge in [-0.15, -0.1) is 0 Å². The first-order valence-corrected chi connectivity index (χ1v) is 9.69. The van der Waals surface area contributed by atoms with Gasteiger partial charge in [-0.05, 0) is 46.8 Å². The molecule has 1 atom stereocenters. The molecule has 0 saturated carbocycles. The molecule has 0 aliphatic heterocycles. The molecular weight excluding hydrogens is 413 g/mol. The minimum atomic E-state index is -4.48. The summed E-state index contributed by atoms with van der Waals surface area (Å²) in [5.74, 6) is -0.519. The smallest absolute Gasteiger partial charge is 0.346 e. The molecule has 3 aromatic rings. The fourth-order valence-corrected chi connectivity index (χ4v) is 3.39. The van der Waals surface area contributed by atoms with Crippen LogP contribution in [0.3, 0.4) is 0 Å². The quantitative estimate of drug-likeness (QED) is 0.663. The molecule has 3 heterocycles. The summed E-state index contributed by atoms with van der Waals surface area (Å²) in [6.07, 6.45) is -3.76. The Morgan fingerprint density at radius 3 is 2.32 bits per heavy atom. The van der Waals surface area contributed by atoms with Gasteiger partial charge in [0.05, 0.1) is 34.1 Å². The third kappa shape index (κ3) is 4.44. The third-order valence-electron chi connectivity index (χ3n) is 4.87. The van der Waals surface area contributed by atoms with Gasteiger partial charge in [0.15, 0.2) is 0 Å². The van der Waals surface area contributed by atoms with Crippen LogP contribution in [0, 0.1) is 13.8 Å². The zero-order valence-corrected chi connectivity index (χ0v) is 17.8. The number of carbonyl (C=O) groups is 1. The second-order valence-electron chi connectivity index (χ2n) is 7.65. The molecule has 0 aliphatic carbocycles. The van der Waals surface area contributed by atoms with Crippen LogP contribution in [0.4, 0.5) is 13.2 Å². The zero-order valence-electron chi connectivity index (χ0n) is 17.8. The zero-order chi connectivity index (χ0) is 23.1. The molecule has 0 aliphatic rings. The van der Waals surface area contributed by atoms with Gasteiger partial charge >= 0.3 is 6.18 Å². The lowest BCUT2D eigenvalue weighted by Gasteiger charge is -2.15. The van der Waals surface area contributed by atoms with E-state index in [-0.39, 0.29) is 18.3 Å². The molecule has 1 amide bonds. The van der Waals surface area contributed by atoms with Crippen molar-refractivity contribution in [3.63, 3.8) is 0 Å². The molecule has 0 fully saturated rings. The molecular formula is C20H23F3N6O2. The number of alkyl halides is 3. The minimum absolute atomic E-state index is 0.0567. The number of aryl methyl sites for hydroxylation is 2. The van der Waals surface area contributed by atoms with E-state index in [1.54, 1.807) is 25.5 Å². The molecule has 31 heavy (non-hydrogen) atoms. The van der Waals surface area contributed by atoms with Gasteiger partial charge in [0.1, 0.15) is 12.1 Å². The van der Waals surface area contributed by atoms with Crippen molar-refractivity contribution in [3.8, 4) is 0 Å². The normalized spacial score (nSPS) is 13.1. The highest BCUT2D eigenvalue weighted by Crippen LogP contribution is 2.29. The number of nitrogens with zero attached hydrogens (tertiary/aromatic N) is 5. The second-order valence-corrected chi connectivity index (χ2v) is 7.65. The lowest BCUT2D eigenvalue weighted by molar-refractivity contribution is -0.137. The van der Waals surface area contributed by atoms with Gasteiger partial charge < -0.3 is 5.32 Å². The lowest BCUT2D eigenvalue weighted by Crippen LogP contribution is -2.36. The van der Waals surface area contributed by atoms with Crippen LogP contribution in [0.25, 0.3) is 10.9 Å². The van der Waals surface area contributed by atoms with Crippen molar-refractivity contribution in [2.45, 2.75) is 59.4 Å². The van der Waals surface area contributed by atoms with E-state index < -0.39 is 29.2 Å². The minimum Gasteiger partial charge on any atom is -0.346 e. The summed E-state index contributed by atoms with van der Waals surface area (Å²) in [5.41, 5.74) is 0.595. The van der Waals surface area contributed by atoms with E-state index in [0.29, 0.717) is 22.3 Å². The number of nitrogens with one attached hydrogen (secondary N) is 1. The van der Waals surface area contributed by atoms with Gasteiger partial charge in [0, 0.05) is 12.2 Å². The van der Waals surface area contributed by atoms with Crippen molar-refractivity contribution < 1.29 is 18.0 Å². The summed E-state index contributed by atoms with van der Waals surface area (Å²) in [6.45, 7) is 8.58. The largest absolute Gasteiger partial charge is 0.417 e. The Balaban J connectivity index is 1.83. The monoisotopic (exact) mass is 436 g/mol. The van der Waals surface area contributed by atoms with Crippen molar-refractivity contribution in [2.75, 3.05) is 0 Å². The fourth-order valence-electron chi connectivity index (χ4n) is 3.39. The standard InChI is InChI=1S/C20H23F3N6O2/c1-10(2)29-18-17(13(5)27-29)12(4)26-28(19(18)31)9-16(30)25-11(3)15-7-6-14(8-24-15)20(21,22)23/h6-8,10-11H,9H2,1-5H3,(H,25,30). The summed E-state index contributed by atoms with van der Waals surface area (Å²) in [7, 11) is 0. The number of fused-ring (bicyclic) bond motifs is 1. The van der Waals surface area contributed by atoms with Gasteiger partial charge in [0.25, 0.3) is 5.56 Å². The first kappa shape index (κ1) is 22.4. The van der Waals surface area contributed by atoms with Crippen molar-refractivity contribution in [1.82, 2.24) is 29.9 Å². The number of amides is 1. The lowest BCUT2D eigenvalue weighted by atomic mass is 10.2. The predicted molar refractivity (Wildman–Crippen MR) is 107 cm³/mol. The van der Waals surface area contributed by atoms with Crippen LogP contribution >= 0.6 is 0 Å². The van der Waals surface area contributed by atoms with Crippen molar-refractivity contribution in [1.29, 1.82) is 0 Å². The summed E-state index contributed by atoms with van der Waals surface area (Å²) in [6, 6.07) is 1.40. The molecule has 0 aromatic carbocycles. The Labute approximate surface area is 176 Å². The van der Waals surface area contributed by atoms with Crippen LogP contribution in [0.1, 0.15) is 55.5 Å². The van der Waals surface area contributed by atoms with E-state index in [4.69, 9.17) is 0 Å².